The Bertz CT molecular complexity index is 926. The molecular weight excluding hydrogens is 300 g/mol. The molecule has 0 aliphatic carbocycles. The smallest absolute Gasteiger partial charge is 0.417 e. The van der Waals surface area contributed by atoms with Crippen LogP contribution in [0.3, 0.4) is 0 Å². The molecule has 0 aliphatic heterocycles. The van der Waals surface area contributed by atoms with Gasteiger partial charge in [-0.25, -0.2) is 4.79 Å². The number of nitrogens with one attached hydrogen (secondary N) is 2. The van der Waals surface area contributed by atoms with E-state index >= 15 is 0 Å². The average molecular weight is 314 g/mol. The summed E-state index contributed by atoms with van der Waals surface area (Å²) in [6.07, 6.45) is 0. The lowest BCUT2D eigenvalue weighted by atomic mass is 10.1. The summed E-state index contributed by atoms with van der Waals surface area (Å²) in [7, 11) is 3.02. The van der Waals surface area contributed by atoms with Crippen LogP contribution in [-0.2, 0) is 0 Å². The highest BCUT2D eigenvalue weighted by atomic mass is 16.5. The zero-order valence-electron chi connectivity index (χ0n) is 12.5. The first-order chi connectivity index (χ1) is 11.1. The lowest BCUT2D eigenvalue weighted by molar-refractivity contribution is 0.102. The maximum Gasteiger partial charge on any atom is 0.417 e. The molecule has 7 nitrogen and oxygen atoms in total. The number of aromatic amines is 1. The summed E-state index contributed by atoms with van der Waals surface area (Å²) >= 11 is 0. The second-order valence-corrected chi connectivity index (χ2v) is 4.72. The predicted molar refractivity (Wildman–Crippen MR) is 84.3 cm³/mol. The number of ether oxygens (including phenoxy) is 2. The minimum Gasteiger partial charge on any atom is -0.493 e. The van der Waals surface area contributed by atoms with Crippen molar-refractivity contribution >= 4 is 22.7 Å². The van der Waals surface area contributed by atoms with Gasteiger partial charge in [-0.3, -0.25) is 9.78 Å². The number of benzene rings is 2. The molecule has 3 aromatic rings. The van der Waals surface area contributed by atoms with Gasteiger partial charge < -0.3 is 19.2 Å². The van der Waals surface area contributed by atoms with Crippen LogP contribution in [0.5, 0.6) is 11.5 Å². The van der Waals surface area contributed by atoms with Gasteiger partial charge in [0.2, 0.25) is 0 Å². The monoisotopic (exact) mass is 314 g/mol. The van der Waals surface area contributed by atoms with Crippen molar-refractivity contribution in [1.82, 2.24) is 4.98 Å². The van der Waals surface area contributed by atoms with E-state index in [1.165, 1.54) is 14.2 Å². The molecule has 0 spiro atoms. The van der Waals surface area contributed by atoms with E-state index in [1.807, 2.05) is 0 Å². The Labute approximate surface area is 130 Å². The third-order valence-electron chi connectivity index (χ3n) is 3.35. The van der Waals surface area contributed by atoms with Gasteiger partial charge in [-0.05, 0) is 30.3 Å². The number of carbonyl (C=O) groups excluding carboxylic acids is 1. The number of hydrogen-bond acceptors (Lipinski definition) is 5. The topological polar surface area (TPSA) is 93.6 Å². The van der Waals surface area contributed by atoms with Crippen LogP contribution in [0.2, 0.25) is 0 Å². The second-order valence-electron chi connectivity index (χ2n) is 4.72. The second kappa shape index (κ2) is 5.88. The molecule has 0 unspecified atom stereocenters. The third-order valence-corrected chi connectivity index (χ3v) is 3.35. The summed E-state index contributed by atoms with van der Waals surface area (Å²) in [5, 5.41) is 2.74. The molecule has 1 heterocycles. The van der Waals surface area contributed by atoms with E-state index in [2.05, 4.69) is 10.3 Å². The highest BCUT2D eigenvalue weighted by Gasteiger charge is 2.13. The molecule has 3 rings (SSSR count). The largest absolute Gasteiger partial charge is 0.493 e. The Kier molecular flexibility index (Phi) is 3.76. The SMILES string of the molecule is COc1ccc(C(=O)Nc2cccc3oc(=O)[nH]c23)cc1OC. The number of methoxy groups -OCH3 is 2. The molecule has 2 aromatic carbocycles. The fourth-order valence-corrected chi connectivity index (χ4v) is 2.25. The van der Waals surface area contributed by atoms with E-state index in [0.29, 0.717) is 33.8 Å². The molecule has 0 saturated carbocycles. The Morgan fingerprint density at radius 3 is 2.65 bits per heavy atom. The molecule has 23 heavy (non-hydrogen) atoms. The first kappa shape index (κ1) is 14.7. The van der Waals surface area contributed by atoms with E-state index in [0.717, 1.165) is 0 Å². The summed E-state index contributed by atoms with van der Waals surface area (Å²) < 4.78 is 15.3. The molecule has 118 valence electrons. The molecule has 0 saturated heterocycles. The van der Waals surface area contributed by atoms with Gasteiger partial charge in [-0.1, -0.05) is 6.07 Å². The van der Waals surface area contributed by atoms with Gasteiger partial charge in [-0.15, -0.1) is 0 Å². The normalized spacial score (nSPS) is 10.5. The lowest BCUT2D eigenvalue weighted by Crippen LogP contribution is -2.12. The Morgan fingerprint density at radius 1 is 1.13 bits per heavy atom. The average Bonchev–Trinajstić information content (AvgIpc) is 2.95. The van der Waals surface area contributed by atoms with E-state index in [4.69, 9.17) is 13.9 Å². The van der Waals surface area contributed by atoms with E-state index in [1.54, 1.807) is 36.4 Å². The zero-order valence-corrected chi connectivity index (χ0v) is 12.5. The first-order valence-electron chi connectivity index (χ1n) is 6.77. The summed E-state index contributed by atoms with van der Waals surface area (Å²) in [5.74, 6) is 0.0636. The Hall–Kier alpha value is -3.22. The first-order valence-corrected chi connectivity index (χ1v) is 6.77. The van der Waals surface area contributed by atoms with Crippen molar-refractivity contribution in [2.45, 2.75) is 0 Å². The van der Waals surface area contributed by atoms with Gasteiger partial charge >= 0.3 is 5.76 Å². The van der Waals surface area contributed by atoms with E-state index in [-0.39, 0.29) is 5.91 Å². The molecule has 0 aliphatic rings. The van der Waals surface area contributed by atoms with Crippen molar-refractivity contribution in [2.75, 3.05) is 19.5 Å². The number of carbonyl (C=O) groups is 1. The van der Waals surface area contributed by atoms with Gasteiger partial charge in [0.15, 0.2) is 17.1 Å². The Balaban J connectivity index is 1.93. The molecule has 7 heteroatoms. The predicted octanol–water partition coefficient (Wildman–Crippen LogP) is 2.39. The summed E-state index contributed by atoms with van der Waals surface area (Å²) in [4.78, 5) is 26.2. The van der Waals surface area contributed by atoms with Crippen LogP contribution in [0.25, 0.3) is 11.1 Å². The maximum absolute atomic E-state index is 12.4. The van der Waals surface area contributed by atoms with Gasteiger partial charge in [0.1, 0.15) is 5.52 Å². The van der Waals surface area contributed by atoms with Crippen LogP contribution in [-0.4, -0.2) is 25.1 Å². The van der Waals surface area contributed by atoms with Crippen molar-refractivity contribution in [1.29, 1.82) is 0 Å². The van der Waals surface area contributed by atoms with Gasteiger partial charge in [0.25, 0.3) is 5.91 Å². The van der Waals surface area contributed by atoms with Gasteiger partial charge in [0.05, 0.1) is 19.9 Å². The van der Waals surface area contributed by atoms with E-state index in [9.17, 15) is 9.59 Å². The van der Waals surface area contributed by atoms with Crippen LogP contribution in [0.15, 0.2) is 45.6 Å². The minimum absolute atomic E-state index is 0.347. The number of aromatic nitrogens is 1. The van der Waals surface area contributed by atoms with Gasteiger partial charge in [-0.2, -0.15) is 0 Å². The highest BCUT2D eigenvalue weighted by molar-refractivity contribution is 6.08. The molecule has 0 bridgehead atoms. The number of H-pyrrole nitrogens is 1. The number of anilines is 1. The fourth-order valence-electron chi connectivity index (χ4n) is 2.25. The van der Waals surface area contributed by atoms with Crippen molar-refractivity contribution in [2.24, 2.45) is 0 Å². The third kappa shape index (κ3) is 2.76. The van der Waals surface area contributed by atoms with Gasteiger partial charge in [0, 0.05) is 5.56 Å². The summed E-state index contributed by atoms with van der Waals surface area (Å²) in [6, 6.07) is 9.84. The van der Waals surface area contributed by atoms with Crippen LogP contribution in [0, 0.1) is 0 Å². The van der Waals surface area contributed by atoms with Crippen molar-refractivity contribution < 1.29 is 18.7 Å². The number of fused-ring (bicyclic) bond motifs is 1. The van der Waals surface area contributed by atoms with Crippen molar-refractivity contribution in [3.63, 3.8) is 0 Å². The van der Waals surface area contributed by atoms with Crippen molar-refractivity contribution in [3.05, 3.63) is 52.5 Å². The molecule has 2 N–H and O–H groups in total. The number of hydrogen-bond donors (Lipinski definition) is 2. The lowest BCUT2D eigenvalue weighted by Gasteiger charge is -2.10. The zero-order chi connectivity index (χ0) is 16.4. The number of amides is 1. The Morgan fingerprint density at radius 2 is 1.91 bits per heavy atom. The van der Waals surface area contributed by atoms with E-state index < -0.39 is 5.76 Å². The highest BCUT2D eigenvalue weighted by Crippen LogP contribution is 2.28. The van der Waals surface area contributed by atoms with Crippen LogP contribution in [0.4, 0.5) is 5.69 Å². The van der Waals surface area contributed by atoms with Crippen molar-refractivity contribution in [3.8, 4) is 11.5 Å². The molecule has 0 atom stereocenters. The summed E-state index contributed by atoms with van der Waals surface area (Å²) in [6.45, 7) is 0. The van der Waals surface area contributed by atoms with Crippen LogP contribution < -0.4 is 20.5 Å². The fraction of sp³-hybridized carbons (Fsp3) is 0.125. The maximum atomic E-state index is 12.4. The quantitative estimate of drug-likeness (QED) is 0.771. The molecule has 1 aromatic heterocycles. The molecule has 1 amide bonds. The number of rotatable bonds is 4. The number of oxazole rings is 1. The number of para-hydroxylation sites is 1. The molecule has 0 radical (unpaired) electrons. The molecule has 0 fully saturated rings. The van der Waals surface area contributed by atoms with Crippen LogP contribution in [0.1, 0.15) is 10.4 Å². The standard InChI is InChI=1S/C16H14N2O5/c1-21-11-7-6-9(8-13(11)22-2)15(19)17-10-4-3-5-12-14(10)18-16(20)23-12/h3-8H,1-2H3,(H,17,19)(H,18,20). The van der Waals surface area contributed by atoms with Crippen LogP contribution >= 0.6 is 0 Å². The molecular formula is C16H14N2O5. The summed E-state index contributed by atoms with van der Waals surface area (Å²) in [5.41, 5.74) is 1.66. The minimum atomic E-state index is -0.576.